The molecule has 0 fully saturated rings. The Bertz CT molecular complexity index is 2440. The molecule has 9 heteroatoms. The topological polar surface area (TPSA) is 74.3 Å². The zero-order chi connectivity index (χ0) is 30.9. The molecule has 0 aliphatic carbocycles. The van der Waals surface area contributed by atoms with Crippen LogP contribution in [0.1, 0.15) is 21.8 Å². The quantitative estimate of drug-likeness (QED) is 0.173. The van der Waals surface area contributed by atoms with E-state index in [9.17, 15) is 4.79 Å². The highest BCUT2D eigenvalue weighted by Gasteiger charge is 2.14. The third-order valence-corrected chi connectivity index (χ3v) is 9.39. The first-order valence-electron chi connectivity index (χ1n) is 14.7. The van der Waals surface area contributed by atoms with Gasteiger partial charge in [-0.25, -0.2) is 4.68 Å². The first kappa shape index (κ1) is 27.9. The van der Waals surface area contributed by atoms with Crippen LogP contribution in [0.25, 0.3) is 50.9 Å². The van der Waals surface area contributed by atoms with Crippen molar-refractivity contribution in [3.05, 3.63) is 157 Å². The number of aromatic nitrogens is 5. The first-order valence-corrected chi connectivity index (χ1v) is 16.4. The van der Waals surface area contributed by atoms with Crippen molar-refractivity contribution < 1.29 is 4.74 Å². The van der Waals surface area contributed by atoms with Crippen LogP contribution in [0.15, 0.2) is 126 Å². The van der Waals surface area contributed by atoms with E-state index in [1.165, 1.54) is 26.6 Å². The molecule has 222 valence electrons. The number of fused-ring (bicyclic) bond motifs is 2. The monoisotopic (exact) mass is 635 g/mol. The Morgan fingerprint density at radius 3 is 2.46 bits per heavy atom. The number of nitrogens with zero attached hydrogens (tertiary/aromatic N) is 5. The van der Waals surface area contributed by atoms with Gasteiger partial charge in [-0.1, -0.05) is 78.1 Å². The number of benzene rings is 4. The zero-order valence-corrected chi connectivity index (χ0v) is 26.0. The average Bonchev–Trinajstić information content (AvgIpc) is 3.90. The Labute approximate surface area is 271 Å². The molecule has 0 atom stereocenters. The summed E-state index contributed by atoms with van der Waals surface area (Å²) in [4.78, 5) is 19.6. The van der Waals surface area contributed by atoms with Crippen LogP contribution in [-0.4, -0.2) is 24.4 Å². The molecule has 0 spiro atoms. The summed E-state index contributed by atoms with van der Waals surface area (Å²) >= 11 is 2.94. The van der Waals surface area contributed by atoms with Gasteiger partial charge >= 0.3 is 0 Å². The lowest BCUT2D eigenvalue weighted by molar-refractivity contribution is 0.308. The van der Waals surface area contributed by atoms with E-state index >= 15 is 0 Å². The van der Waals surface area contributed by atoms with Gasteiger partial charge in [0, 0.05) is 22.2 Å². The van der Waals surface area contributed by atoms with Crippen LogP contribution >= 0.6 is 22.7 Å². The fourth-order valence-electron chi connectivity index (χ4n) is 5.32. The predicted molar refractivity (Wildman–Crippen MR) is 186 cm³/mol. The highest BCUT2D eigenvalue weighted by atomic mass is 32.1. The van der Waals surface area contributed by atoms with Gasteiger partial charge in [0.15, 0.2) is 5.82 Å². The molecule has 4 aromatic heterocycles. The van der Waals surface area contributed by atoms with Gasteiger partial charge in [-0.05, 0) is 82.4 Å². The van der Waals surface area contributed by atoms with Gasteiger partial charge in [0.05, 0.1) is 10.2 Å². The molecule has 0 aliphatic heterocycles. The van der Waals surface area contributed by atoms with Crippen LogP contribution in [0.3, 0.4) is 0 Å². The lowest BCUT2D eigenvalue weighted by Gasteiger charge is -2.10. The number of ether oxygens (including phenoxy) is 1. The number of para-hydroxylation sites is 1. The Balaban J connectivity index is 1.11. The minimum Gasteiger partial charge on any atom is -0.489 e. The van der Waals surface area contributed by atoms with Gasteiger partial charge in [-0.3, -0.25) is 4.79 Å². The van der Waals surface area contributed by atoms with Crippen LogP contribution in [0.5, 0.6) is 5.75 Å². The SMILES string of the molecule is O=c1/c(=C/c2cn(-c3ccccc3)nc2-c2ccc(OCc3cccc4ccccc34)cc2)sc2nc(/C=C/c3cccs3)nn12. The van der Waals surface area contributed by atoms with Crippen molar-refractivity contribution in [2.75, 3.05) is 0 Å². The minimum atomic E-state index is -0.209. The molecule has 0 bridgehead atoms. The van der Waals surface area contributed by atoms with Crippen molar-refractivity contribution in [3.63, 3.8) is 0 Å². The Morgan fingerprint density at radius 2 is 1.63 bits per heavy atom. The molecule has 0 aliphatic rings. The fraction of sp³-hybridized carbons (Fsp3) is 0.0270. The van der Waals surface area contributed by atoms with Gasteiger partial charge in [-0.15, -0.1) is 16.4 Å². The van der Waals surface area contributed by atoms with E-state index in [2.05, 4.69) is 40.4 Å². The second kappa shape index (κ2) is 12.0. The standard InChI is InChI=1S/C37H25N5O2S2/c43-36-33(46-37-38-34(39-42(36)37)20-19-31-13-7-21-45-31)22-28-23-41(29-11-2-1-3-12-29)40-35(28)26-15-17-30(18-16-26)44-24-27-10-6-9-25-8-4-5-14-32(25)27/h1-23H,24H2/b20-19+,33-22-. The molecule has 7 nitrogen and oxygen atoms in total. The van der Waals surface area contributed by atoms with Crippen LogP contribution in [0, 0.1) is 0 Å². The summed E-state index contributed by atoms with van der Waals surface area (Å²) in [7, 11) is 0. The summed E-state index contributed by atoms with van der Waals surface area (Å²) in [5.74, 6) is 1.27. The van der Waals surface area contributed by atoms with Crippen LogP contribution in [-0.2, 0) is 6.61 Å². The van der Waals surface area contributed by atoms with Gasteiger partial charge in [0.1, 0.15) is 18.1 Å². The Kier molecular flexibility index (Phi) is 7.30. The molecule has 8 rings (SSSR count). The largest absolute Gasteiger partial charge is 0.489 e. The third kappa shape index (κ3) is 5.53. The first-order chi connectivity index (χ1) is 22.7. The number of thiazole rings is 1. The molecular formula is C37H25N5O2S2. The minimum absolute atomic E-state index is 0.209. The lowest BCUT2D eigenvalue weighted by Crippen LogP contribution is -2.23. The number of hydrogen-bond acceptors (Lipinski definition) is 7. The second-order valence-corrected chi connectivity index (χ2v) is 12.6. The molecule has 0 unspecified atom stereocenters. The van der Waals surface area contributed by atoms with Crippen molar-refractivity contribution in [3.8, 4) is 22.7 Å². The number of hydrogen-bond donors (Lipinski definition) is 0. The molecule has 0 radical (unpaired) electrons. The molecule has 4 heterocycles. The second-order valence-electron chi connectivity index (χ2n) is 10.6. The van der Waals surface area contributed by atoms with E-state index in [-0.39, 0.29) is 5.56 Å². The van der Waals surface area contributed by atoms with E-state index in [0.717, 1.165) is 38.7 Å². The van der Waals surface area contributed by atoms with Crippen LogP contribution in [0.2, 0.25) is 0 Å². The highest BCUT2D eigenvalue weighted by Crippen LogP contribution is 2.28. The zero-order valence-electron chi connectivity index (χ0n) is 24.4. The van der Waals surface area contributed by atoms with Gasteiger partial charge in [0.2, 0.25) is 4.96 Å². The summed E-state index contributed by atoms with van der Waals surface area (Å²) < 4.78 is 9.92. The molecule has 0 amide bonds. The molecule has 0 saturated heterocycles. The normalized spacial score (nSPS) is 12.1. The molecule has 8 aromatic rings. The lowest BCUT2D eigenvalue weighted by atomic mass is 10.1. The Morgan fingerprint density at radius 1 is 0.804 bits per heavy atom. The molecule has 0 N–H and O–H groups in total. The molecule has 4 aromatic carbocycles. The summed E-state index contributed by atoms with van der Waals surface area (Å²) in [6, 6.07) is 36.4. The van der Waals surface area contributed by atoms with Crippen molar-refractivity contribution in [1.82, 2.24) is 24.4 Å². The smallest absolute Gasteiger partial charge is 0.291 e. The maximum atomic E-state index is 13.4. The predicted octanol–water partition coefficient (Wildman–Crippen LogP) is 7.52. The summed E-state index contributed by atoms with van der Waals surface area (Å²) in [5.41, 5.74) is 4.32. The van der Waals surface area contributed by atoms with Crippen LogP contribution in [0.4, 0.5) is 0 Å². The van der Waals surface area contributed by atoms with E-state index in [1.54, 1.807) is 11.3 Å². The summed E-state index contributed by atoms with van der Waals surface area (Å²) in [5, 5.41) is 13.8. The van der Waals surface area contributed by atoms with E-state index < -0.39 is 0 Å². The average molecular weight is 636 g/mol. The van der Waals surface area contributed by atoms with Crippen molar-refractivity contribution in [2.24, 2.45) is 0 Å². The Hall–Kier alpha value is -5.64. The third-order valence-electron chi connectivity index (χ3n) is 7.59. The summed E-state index contributed by atoms with van der Waals surface area (Å²) in [6.45, 7) is 0.467. The number of thiophene rings is 1. The van der Waals surface area contributed by atoms with Gasteiger partial charge in [0.25, 0.3) is 5.56 Å². The van der Waals surface area contributed by atoms with E-state index in [0.29, 0.717) is 21.9 Å². The fourth-order valence-corrected chi connectivity index (χ4v) is 6.85. The molecular weight excluding hydrogens is 611 g/mol. The number of rotatable bonds is 8. The van der Waals surface area contributed by atoms with Crippen molar-refractivity contribution in [2.45, 2.75) is 6.61 Å². The van der Waals surface area contributed by atoms with Crippen molar-refractivity contribution >= 4 is 56.6 Å². The van der Waals surface area contributed by atoms with Crippen molar-refractivity contribution in [1.29, 1.82) is 0 Å². The van der Waals surface area contributed by atoms with E-state index in [1.807, 2.05) is 113 Å². The maximum absolute atomic E-state index is 13.4. The van der Waals surface area contributed by atoms with Gasteiger partial charge < -0.3 is 4.74 Å². The molecule has 0 saturated carbocycles. The maximum Gasteiger partial charge on any atom is 0.291 e. The highest BCUT2D eigenvalue weighted by molar-refractivity contribution is 7.15. The molecule has 46 heavy (non-hydrogen) atoms. The van der Waals surface area contributed by atoms with Crippen LogP contribution < -0.4 is 14.8 Å². The van der Waals surface area contributed by atoms with Gasteiger partial charge in [-0.2, -0.15) is 14.6 Å². The van der Waals surface area contributed by atoms with E-state index in [4.69, 9.17) is 9.84 Å². The summed E-state index contributed by atoms with van der Waals surface area (Å²) in [6.07, 6.45) is 7.59.